The van der Waals surface area contributed by atoms with Crippen LogP contribution in [-0.2, 0) is 28.9 Å². The third-order valence-corrected chi connectivity index (χ3v) is 10.9. The summed E-state index contributed by atoms with van der Waals surface area (Å²) >= 11 is 0. The Morgan fingerprint density at radius 1 is 0.727 bits per heavy atom. The van der Waals surface area contributed by atoms with Crippen molar-refractivity contribution in [1.82, 2.24) is 5.32 Å². The van der Waals surface area contributed by atoms with Crippen LogP contribution in [0.5, 0.6) is 0 Å². The molecule has 0 aromatic heterocycles. The topological polar surface area (TPSA) is 212 Å². The molecule has 13 nitrogen and oxygen atoms in total. The fourth-order valence-corrected chi connectivity index (χ4v) is 7.44. The molecule has 1 saturated heterocycles. The van der Waals surface area contributed by atoms with Crippen molar-refractivity contribution in [1.29, 1.82) is 0 Å². The van der Waals surface area contributed by atoms with Crippen LogP contribution in [0.1, 0.15) is 181 Å². The Bertz CT molecular complexity index is 1060. The van der Waals surface area contributed by atoms with E-state index in [0.29, 0.717) is 12.8 Å². The smallest absolute Gasteiger partial charge is 0.394 e. The number of carbonyl (C=O) groups is 1. The second-order valence-electron chi connectivity index (χ2n) is 15.4. The van der Waals surface area contributed by atoms with Gasteiger partial charge >= 0.3 is 10.4 Å². The van der Waals surface area contributed by atoms with E-state index in [0.717, 1.165) is 38.5 Å². The van der Waals surface area contributed by atoms with Crippen LogP contribution in [0.3, 0.4) is 0 Å². The number of amides is 1. The molecule has 8 unspecified atom stereocenters. The van der Waals surface area contributed by atoms with Gasteiger partial charge in [0.25, 0.3) is 0 Å². The van der Waals surface area contributed by atoms with Gasteiger partial charge in [0.1, 0.15) is 30.5 Å². The molecule has 0 saturated carbocycles. The molecule has 8 atom stereocenters. The molecule has 1 aliphatic heterocycles. The number of hydrogen-bond acceptors (Lipinski definition) is 11. The van der Waals surface area contributed by atoms with Gasteiger partial charge in [-0.2, -0.15) is 8.42 Å². The number of aliphatic hydroxyl groups excluding tert-OH is 5. The first-order chi connectivity index (χ1) is 26.4. The lowest BCUT2D eigenvalue weighted by Crippen LogP contribution is -2.61. The van der Waals surface area contributed by atoms with E-state index >= 15 is 0 Å². The molecule has 1 heterocycles. The summed E-state index contributed by atoms with van der Waals surface area (Å²) in [4.78, 5) is 13.0. The second-order valence-corrected chi connectivity index (χ2v) is 16.5. The number of hydrogen-bond donors (Lipinski definition) is 7. The molecule has 14 heteroatoms. The molecule has 1 fully saturated rings. The lowest BCUT2D eigenvalue weighted by atomic mass is 9.99. The largest absolute Gasteiger partial charge is 0.397 e. The summed E-state index contributed by atoms with van der Waals surface area (Å²) in [7, 11) is -5.11. The van der Waals surface area contributed by atoms with E-state index in [9.17, 15) is 38.7 Å². The molecular formula is C41H79NO12S. The van der Waals surface area contributed by atoms with Crippen molar-refractivity contribution in [2.24, 2.45) is 0 Å². The van der Waals surface area contributed by atoms with Crippen LogP contribution >= 0.6 is 0 Å². The van der Waals surface area contributed by atoms with E-state index in [1.807, 2.05) is 6.08 Å². The Morgan fingerprint density at radius 3 is 1.64 bits per heavy atom. The highest BCUT2D eigenvalue weighted by molar-refractivity contribution is 7.80. The highest BCUT2D eigenvalue weighted by Crippen LogP contribution is 2.26. The average Bonchev–Trinajstić information content (AvgIpc) is 3.15. The zero-order chi connectivity index (χ0) is 40.7. The lowest BCUT2D eigenvalue weighted by molar-refractivity contribution is -0.298. The van der Waals surface area contributed by atoms with Crippen molar-refractivity contribution >= 4 is 16.3 Å². The van der Waals surface area contributed by atoms with Crippen molar-refractivity contribution in [3.63, 3.8) is 0 Å². The maximum absolute atomic E-state index is 13.0. The zero-order valence-corrected chi connectivity index (χ0v) is 34.9. The third-order valence-electron chi connectivity index (χ3n) is 10.4. The molecule has 7 N–H and O–H groups in total. The Kier molecular flexibility index (Phi) is 30.8. The number of aliphatic hydroxyl groups is 5. The van der Waals surface area contributed by atoms with Gasteiger partial charge in [0.15, 0.2) is 6.29 Å². The van der Waals surface area contributed by atoms with Crippen LogP contribution in [-0.4, -0.2) is 107 Å². The normalized spacial score (nSPS) is 22.2. The molecular weight excluding hydrogens is 731 g/mol. The SMILES string of the molecule is CCCCCCCCCCCCCCCCC/C=C/C(O)C(COC1OC(CO)C(O)C(OS(=O)(=O)O)C1O)NC(=O)C(O)CCCCCCCCCCC. The van der Waals surface area contributed by atoms with Crippen LogP contribution < -0.4 is 5.32 Å². The fraction of sp³-hybridized carbons (Fsp3) is 0.927. The van der Waals surface area contributed by atoms with E-state index in [4.69, 9.17) is 14.0 Å². The highest BCUT2D eigenvalue weighted by Gasteiger charge is 2.48. The minimum atomic E-state index is -5.11. The van der Waals surface area contributed by atoms with Crippen molar-refractivity contribution in [3.05, 3.63) is 12.2 Å². The Labute approximate surface area is 333 Å². The van der Waals surface area contributed by atoms with Gasteiger partial charge in [-0.3, -0.25) is 9.35 Å². The van der Waals surface area contributed by atoms with Crippen LogP contribution in [0.2, 0.25) is 0 Å². The van der Waals surface area contributed by atoms with E-state index < -0.39 is 78.5 Å². The van der Waals surface area contributed by atoms with E-state index in [2.05, 4.69) is 23.3 Å². The molecule has 0 aliphatic carbocycles. The first kappa shape index (κ1) is 51.8. The van der Waals surface area contributed by atoms with Gasteiger partial charge in [-0.25, -0.2) is 4.18 Å². The number of allylic oxidation sites excluding steroid dienone is 1. The van der Waals surface area contributed by atoms with Crippen LogP contribution in [0.15, 0.2) is 12.2 Å². The molecule has 55 heavy (non-hydrogen) atoms. The summed E-state index contributed by atoms with van der Waals surface area (Å²) in [5.74, 6) is -0.704. The summed E-state index contributed by atoms with van der Waals surface area (Å²) in [5, 5.41) is 55.0. The average molecular weight is 810 g/mol. The first-order valence-electron chi connectivity index (χ1n) is 21.7. The van der Waals surface area contributed by atoms with E-state index in [1.165, 1.54) is 115 Å². The van der Waals surface area contributed by atoms with Gasteiger partial charge in [0.2, 0.25) is 5.91 Å². The minimum Gasteiger partial charge on any atom is -0.394 e. The van der Waals surface area contributed by atoms with Gasteiger partial charge < -0.3 is 40.3 Å². The second kappa shape index (κ2) is 32.7. The van der Waals surface area contributed by atoms with E-state index in [1.54, 1.807) is 0 Å². The quantitative estimate of drug-likeness (QED) is 0.0203. The summed E-state index contributed by atoms with van der Waals surface area (Å²) in [6, 6.07) is -1.11. The molecule has 0 radical (unpaired) electrons. The Morgan fingerprint density at radius 2 is 1.18 bits per heavy atom. The Balaban J connectivity index is 2.62. The van der Waals surface area contributed by atoms with Gasteiger partial charge in [-0.1, -0.05) is 174 Å². The fourth-order valence-electron chi connectivity index (χ4n) is 6.93. The summed E-state index contributed by atoms with van der Waals surface area (Å²) in [5.41, 5.74) is 0. The van der Waals surface area contributed by atoms with Gasteiger partial charge in [0.05, 0.1) is 25.4 Å². The molecule has 1 aliphatic rings. The monoisotopic (exact) mass is 810 g/mol. The minimum absolute atomic E-state index is 0.246. The lowest BCUT2D eigenvalue weighted by Gasteiger charge is -2.41. The highest BCUT2D eigenvalue weighted by atomic mass is 32.3. The standard InChI is InChI=1S/C41H79NO12S/c1-3-5-7-9-11-13-14-15-16-17-18-19-20-22-23-25-27-29-34(44)33(42-40(48)35(45)30-28-26-24-21-12-10-8-6-4-2)32-52-41-38(47)39(54-55(49,50)51)37(46)36(31-43)53-41/h27,29,33-39,41,43-47H,3-26,28,30-32H2,1-2H3,(H,42,48)(H,49,50,51)/b29-27+. The van der Waals surface area contributed by atoms with Crippen molar-refractivity contribution in [2.75, 3.05) is 13.2 Å². The summed E-state index contributed by atoms with van der Waals surface area (Å²) in [6.07, 6.45) is 21.7. The predicted octanol–water partition coefficient (Wildman–Crippen LogP) is 6.58. The number of rotatable bonds is 36. The third kappa shape index (κ3) is 25.7. The molecule has 1 rings (SSSR count). The summed E-state index contributed by atoms with van der Waals surface area (Å²) < 4.78 is 47.3. The molecule has 326 valence electrons. The molecule has 0 aromatic rings. The number of carbonyl (C=O) groups excluding carboxylic acids is 1. The maximum Gasteiger partial charge on any atom is 0.397 e. The van der Waals surface area contributed by atoms with Crippen molar-refractivity contribution in [3.8, 4) is 0 Å². The van der Waals surface area contributed by atoms with Gasteiger partial charge in [-0.05, 0) is 19.3 Å². The van der Waals surface area contributed by atoms with Crippen molar-refractivity contribution < 1.29 is 57.0 Å². The number of ether oxygens (including phenoxy) is 2. The van der Waals surface area contributed by atoms with Crippen molar-refractivity contribution in [2.45, 2.75) is 230 Å². The molecule has 0 spiro atoms. The molecule has 0 bridgehead atoms. The molecule has 1 amide bonds. The van der Waals surface area contributed by atoms with E-state index in [-0.39, 0.29) is 6.42 Å². The predicted molar refractivity (Wildman–Crippen MR) is 215 cm³/mol. The molecule has 0 aromatic carbocycles. The number of unbranched alkanes of at least 4 members (excludes halogenated alkanes) is 23. The van der Waals surface area contributed by atoms with Gasteiger partial charge in [0, 0.05) is 0 Å². The van der Waals surface area contributed by atoms with Crippen LogP contribution in [0.4, 0.5) is 0 Å². The Hall–Kier alpha value is -1.20. The number of nitrogens with one attached hydrogen (secondary N) is 1. The van der Waals surface area contributed by atoms with Gasteiger partial charge in [-0.15, -0.1) is 0 Å². The zero-order valence-electron chi connectivity index (χ0n) is 34.1. The first-order valence-corrected chi connectivity index (χ1v) is 23.0. The van der Waals surface area contributed by atoms with Crippen LogP contribution in [0, 0.1) is 0 Å². The maximum atomic E-state index is 13.0. The summed E-state index contributed by atoms with van der Waals surface area (Å²) in [6.45, 7) is 3.17. The van der Waals surface area contributed by atoms with Crippen LogP contribution in [0.25, 0.3) is 0 Å².